The van der Waals surface area contributed by atoms with Crippen molar-refractivity contribution in [2.75, 3.05) is 20.8 Å². The zero-order valence-corrected chi connectivity index (χ0v) is 17.7. The van der Waals surface area contributed by atoms with Crippen molar-refractivity contribution in [3.63, 3.8) is 0 Å². The number of nitrogens with zero attached hydrogens (tertiary/aromatic N) is 3. The number of rotatable bonds is 6. The van der Waals surface area contributed by atoms with Crippen molar-refractivity contribution in [1.29, 1.82) is 0 Å². The number of carbonyl (C=O) groups is 1. The number of carbonyl (C=O) groups excluding carboxylic acids is 1. The van der Waals surface area contributed by atoms with Gasteiger partial charge in [-0.15, -0.1) is 0 Å². The van der Waals surface area contributed by atoms with Crippen LogP contribution in [0.3, 0.4) is 0 Å². The summed E-state index contributed by atoms with van der Waals surface area (Å²) in [5.74, 6) is 1.19. The van der Waals surface area contributed by atoms with E-state index in [0.717, 1.165) is 24.0 Å². The number of hydrogen-bond acceptors (Lipinski definition) is 5. The fraction of sp³-hybridized carbons (Fsp3) is 0.292. The number of methoxy groups -OCH3 is 2. The molecule has 7 nitrogen and oxygen atoms in total. The summed E-state index contributed by atoms with van der Waals surface area (Å²) in [6, 6.07) is 18.0. The Morgan fingerprint density at radius 2 is 1.87 bits per heavy atom. The molecular formula is C24H25N3O4. The van der Waals surface area contributed by atoms with Crippen LogP contribution in [-0.2, 0) is 6.54 Å². The average molecular weight is 419 g/mol. The second-order valence-electron chi connectivity index (χ2n) is 7.46. The Kier molecular flexibility index (Phi) is 6.02. The molecule has 2 aromatic carbocycles. The van der Waals surface area contributed by atoms with Crippen LogP contribution in [0.4, 0.5) is 0 Å². The molecule has 0 spiro atoms. The molecule has 1 aliphatic heterocycles. The van der Waals surface area contributed by atoms with Crippen molar-refractivity contribution in [3.05, 3.63) is 87.8 Å². The van der Waals surface area contributed by atoms with Gasteiger partial charge in [0.1, 0.15) is 17.2 Å². The van der Waals surface area contributed by atoms with Gasteiger partial charge < -0.3 is 14.4 Å². The van der Waals surface area contributed by atoms with Crippen molar-refractivity contribution in [3.8, 4) is 11.5 Å². The van der Waals surface area contributed by atoms with E-state index in [0.29, 0.717) is 24.6 Å². The summed E-state index contributed by atoms with van der Waals surface area (Å²) in [5.41, 5.74) is 1.90. The van der Waals surface area contributed by atoms with Gasteiger partial charge in [-0.05, 0) is 36.6 Å². The van der Waals surface area contributed by atoms with Gasteiger partial charge in [-0.3, -0.25) is 9.59 Å². The van der Waals surface area contributed by atoms with E-state index < -0.39 is 0 Å². The molecule has 1 saturated heterocycles. The molecule has 31 heavy (non-hydrogen) atoms. The largest absolute Gasteiger partial charge is 0.497 e. The minimum absolute atomic E-state index is 0.121. The zero-order chi connectivity index (χ0) is 21.8. The first-order chi connectivity index (χ1) is 15.1. The van der Waals surface area contributed by atoms with Gasteiger partial charge in [0.15, 0.2) is 0 Å². The summed E-state index contributed by atoms with van der Waals surface area (Å²) >= 11 is 0. The zero-order valence-electron chi connectivity index (χ0n) is 17.7. The Hall–Kier alpha value is -3.61. The Balaban J connectivity index is 1.62. The molecule has 0 saturated carbocycles. The quantitative estimate of drug-likeness (QED) is 0.613. The third-order valence-electron chi connectivity index (χ3n) is 5.57. The minimum Gasteiger partial charge on any atom is -0.497 e. The van der Waals surface area contributed by atoms with Crippen LogP contribution in [-0.4, -0.2) is 41.4 Å². The lowest BCUT2D eigenvalue weighted by atomic mass is 10.0. The minimum atomic E-state index is -0.241. The molecule has 1 fully saturated rings. The maximum Gasteiger partial charge on any atom is 0.274 e. The molecule has 1 amide bonds. The molecule has 160 valence electrons. The molecule has 2 heterocycles. The van der Waals surface area contributed by atoms with Crippen molar-refractivity contribution in [1.82, 2.24) is 14.7 Å². The SMILES string of the molecule is COc1ccc([C@H]2CCCN2C(=O)c2ccc(=O)n(Cc3ccccc3)n2)c(OC)c1. The van der Waals surface area contributed by atoms with E-state index in [9.17, 15) is 9.59 Å². The van der Waals surface area contributed by atoms with E-state index in [1.807, 2.05) is 53.4 Å². The number of ether oxygens (including phenoxy) is 2. The van der Waals surface area contributed by atoms with Crippen molar-refractivity contribution < 1.29 is 14.3 Å². The maximum atomic E-state index is 13.4. The lowest BCUT2D eigenvalue weighted by molar-refractivity contribution is 0.0725. The summed E-state index contributed by atoms with van der Waals surface area (Å²) in [7, 11) is 3.22. The predicted octanol–water partition coefficient (Wildman–Crippen LogP) is 3.29. The number of likely N-dealkylation sites (tertiary alicyclic amines) is 1. The van der Waals surface area contributed by atoms with Gasteiger partial charge in [0.05, 0.1) is 26.8 Å². The normalized spacial score (nSPS) is 15.7. The van der Waals surface area contributed by atoms with E-state index in [1.165, 1.54) is 16.8 Å². The van der Waals surface area contributed by atoms with Gasteiger partial charge in [0.2, 0.25) is 0 Å². The topological polar surface area (TPSA) is 73.7 Å². The molecule has 0 N–H and O–H groups in total. The van der Waals surface area contributed by atoms with E-state index >= 15 is 0 Å². The molecule has 1 aliphatic rings. The molecule has 3 aromatic rings. The van der Waals surface area contributed by atoms with Crippen molar-refractivity contribution >= 4 is 5.91 Å². The summed E-state index contributed by atoms with van der Waals surface area (Å²) < 4.78 is 12.2. The standard InChI is InChI=1S/C24H25N3O4/c1-30-18-10-11-19(22(15-18)31-2)21-9-6-14-26(21)24(29)20-12-13-23(28)27(25-20)16-17-7-4-3-5-8-17/h3-5,7-8,10-13,15,21H,6,9,14,16H2,1-2H3/t21-/m1/s1. The number of amides is 1. The van der Waals surface area contributed by atoms with Gasteiger partial charge >= 0.3 is 0 Å². The lowest BCUT2D eigenvalue weighted by Crippen LogP contribution is -2.34. The summed E-state index contributed by atoms with van der Waals surface area (Å²) in [6.07, 6.45) is 1.72. The summed E-state index contributed by atoms with van der Waals surface area (Å²) in [6.45, 7) is 0.939. The van der Waals surface area contributed by atoms with Crippen LogP contribution in [0.2, 0.25) is 0 Å². The van der Waals surface area contributed by atoms with Gasteiger partial charge in [0, 0.05) is 24.2 Å². The Bertz CT molecular complexity index is 1130. The van der Waals surface area contributed by atoms with Crippen LogP contribution >= 0.6 is 0 Å². The third-order valence-corrected chi connectivity index (χ3v) is 5.57. The number of benzene rings is 2. The third kappa shape index (κ3) is 4.30. The second kappa shape index (κ2) is 9.04. The highest BCUT2D eigenvalue weighted by atomic mass is 16.5. The highest BCUT2D eigenvalue weighted by Crippen LogP contribution is 2.39. The monoisotopic (exact) mass is 419 g/mol. The Labute approximate surface area is 180 Å². The van der Waals surface area contributed by atoms with Crippen LogP contribution in [0.5, 0.6) is 11.5 Å². The summed E-state index contributed by atoms with van der Waals surface area (Å²) in [4.78, 5) is 27.5. The van der Waals surface area contributed by atoms with Gasteiger partial charge in [0.25, 0.3) is 11.5 Å². The fourth-order valence-corrected chi connectivity index (χ4v) is 4.01. The first kappa shape index (κ1) is 20.7. The molecular weight excluding hydrogens is 394 g/mol. The average Bonchev–Trinajstić information content (AvgIpc) is 3.30. The van der Waals surface area contributed by atoms with Gasteiger partial charge in [-0.1, -0.05) is 30.3 Å². The van der Waals surface area contributed by atoms with Crippen LogP contribution in [0.25, 0.3) is 0 Å². The number of aromatic nitrogens is 2. The van der Waals surface area contributed by atoms with E-state index in [-0.39, 0.29) is 23.2 Å². The van der Waals surface area contributed by atoms with Crippen LogP contribution < -0.4 is 15.0 Å². The van der Waals surface area contributed by atoms with Gasteiger partial charge in [-0.25, -0.2) is 4.68 Å². The van der Waals surface area contributed by atoms with Crippen molar-refractivity contribution in [2.45, 2.75) is 25.4 Å². The molecule has 7 heteroatoms. The second-order valence-corrected chi connectivity index (χ2v) is 7.46. The Morgan fingerprint density at radius 3 is 2.61 bits per heavy atom. The van der Waals surface area contributed by atoms with Gasteiger partial charge in [-0.2, -0.15) is 5.10 Å². The first-order valence-corrected chi connectivity index (χ1v) is 10.3. The van der Waals surface area contributed by atoms with E-state index in [4.69, 9.17) is 9.47 Å². The maximum absolute atomic E-state index is 13.4. The van der Waals surface area contributed by atoms with E-state index in [1.54, 1.807) is 14.2 Å². The Morgan fingerprint density at radius 1 is 1.06 bits per heavy atom. The number of hydrogen-bond donors (Lipinski definition) is 0. The van der Waals surface area contributed by atoms with Crippen LogP contribution in [0, 0.1) is 0 Å². The van der Waals surface area contributed by atoms with Crippen LogP contribution in [0.1, 0.15) is 40.5 Å². The molecule has 1 atom stereocenters. The summed E-state index contributed by atoms with van der Waals surface area (Å²) in [5, 5.41) is 4.37. The predicted molar refractivity (Wildman–Crippen MR) is 117 cm³/mol. The highest BCUT2D eigenvalue weighted by molar-refractivity contribution is 5.92. The molecule has 0 radical (unpaired) electrons. The molecule has 0 bridgehead atoms. The lowest BCUT2D eigenvalue weighted by Gasteiger charge is -2.26. The van der Waals surface area contributed by atoms with Crippen LogP contribution in [0.15, 0.2) is 65.5 Å². The van der Waals surface area contributed by atoms with Crippen molar-refractivity contribution in [2.24, 2.45) is 0 Å². The molecule has 0 aliphatic carbocycles. The smallest absolute Gasteiger partial charge is 0.274 e. The first-order valence-electron chi connectivity index (χ1n) is 10.3. The fourth-order valence-electron chi connectivity index (χ4n) is 4.01. The molecule has 4 rings (SSSR count). The molecule has 0 unspecified atom stereocenters. The van der Waals surface area contributed by atoms with E-state index in [2.05, 4.69) is 5.10 Å². The molecule has 1 aromatic heterocycles. The highest BCUT2D eigenvalue weighted by Gasteiger charge is 2.33.